The second-order valence-corrected chi connectivity index (χ2v) is 4.90. The highest BCUT2D eigenvalue weighted by atomic mass is 32.1. The number of aromatic carboxylic acids is 1. The van der Waals surface area contributed by atoms with Gasteiger partial charge in [-0.2, -0.15) is 0 Å². The Morgan fingerprint density at radius 1 is 1.50 bits per heavy atom. The van der Waals surface area contributed by atoms with Gasteiger partial charge in [0.2, 0.25) is 0 Å². The minimum Gasteiger partial charge on any atom is -0.478 e. The predicted octanol–water partition coefficient (Wildman–Crippen LogP) is 2.69. The van der Waals surface area contributed by atoms with Gasteiger partial charge in [0.25, 0.3) is 0 Å². The molecule has 0 aliphatic rings. The molecule has 94 valence electrons. The van der Waals surface area contributed by atoms with Crippen molar-refractivity contribution in [1.29, 1.82) is 0 Å². The number of hydrogen-bond acceptors (Lipinski definition) is 4. The summed E-state index contributed by atoms with van der Waals surface area (Å²) in [4.78, 5) is 16.4. The van der Waals surface area contributed by atoms with Gasteiger partial charge in [0.1, 0.15) is 0 Å². The first-order valence-corrected chi connectivity index (χ1v) is 6.50. The summed E-state index contributed by atoms with van der Waals surface area (Å²) in [5.74, 6) is -0.941. The Hall–Kier alpha value is -1.72. The van der Waals surface area contributed by atoms with Crippen LogP contribution in [0.5, 0.6) is 0 Å². The molecule has 0 radical (unpaired) electrons. The van der Waals surface area contributed by atoms with Crippen LogP contribution in [0.4, 0.5) is 0 Å². The van der Waals surface area contributed by atoms with Gasteiger partial charge in [-0.1, -0.05) is 6.07 Å². The lowest BCUT2D eigenvalue weighted by Gasteiger charge is -2.12. The number of pyridine rings is 1. The van der Waals surface area contributed by atoms with Crippen molar-refractivity contribution < 1.29 is 9.90 Å². The Morgan fingerprint density at radius 2 is 2.33 bits per heavy atom. The zero-order valence-corrected chi connectivity index (χ0v) is 10.8. The molecule has 0 aliphatic heterocycles. The SMILES string of the molecule is C[C@H](NCc1ncccc1C(=O)O)c1cccs1. The molecular weight excluding hydrogens is 248 g/mol. The summed E-state index contributed by atoms with van der Waals surface area (Å²) in [5.41, 5.74) is 0.816. The molecule has 2 aromatic heterocycles. The molecule has 0 aromatic carbocycles. The van der Waals surface area contributed by atoms with Crippen molar-refractivity contribution in [1.82, 2.24) is 10.3 Å². The number of carbonyl (C=O) groups is 1. The van der Waals surface area contributed by atoms with Gasteiger partial charge >= 0.3 is 5.97 Å². The number of carboxylic acid groups (broad SMARTS) is 1. The summed E-state index contributed by atoms with van der Waals surface area (Å²) < 4.78 is 0. The van der Waals surface area contributed by atoms with Crippen LogP contribution >= 0.6 is 11.3 Å². The van der Waals surface area contributed by atoms with Gasteiger partial charge in [-0.3, -0.25) is 4.98 Å². The number of nitrogens with one attached hydrogen (secondary N) is 1. The van der Waals surface area contributed by atoms with Crippen LogP contribution in [0.1, 0.15) is 33.9 Å². The molecule has 0 unspecified atom stereocenters. The molecule has 2 N–H and O–H groups in total. The summed E-state index contributed by atoms with van der Waals surface area (Å²) in [6, 6.07) is 7.45. The Morgan fingerprint density at radius 3 is 3.00 bits per heavy atom. The zero-order chi connectivity index (χ0) is 13.0. The summed E-state index contributed by atoms with van der Waals surface area (Å²) in [5, 5.41) is 14.4. The molecular formula is C13H14N2O2S. The van der Waals surface area contributed by atoms with Crippen molar-refractivity contribution in [3.8, 4) is 0 Å². The van der Waals surface area contributed by atoms with E-state index in [0.29, 0.717) is 12.2 Å². The highest BCUT2D eigenvalue weighted by molar-refractivity contribution is 7.10. The van der Waals surface area contributed by atoms with E-state index in [0.717, 1.165) is 0 Å². The van der Waals surface area contributed by atoms with E-state index in [2.05, 4.69) is 23.3 Å². The second-order valence-electron chi connectivity index (χ2n) is 3.92. The minimum atomic E-state index is -0.941. The van der Waals surface area contributed by atoms with Gasteiger partial charge in [0.05, 0.1) is 11.3 Å². The monoisotopic (exact) mass is 262 g/mol. The number of carboxylic acids is 1. The van der Waals surface area contributed by atoms with Gasteiger partial charge in [-0.15, -0.1) is 11.3 Å². The number of thiophene rings is 1. The van der Waals surface area contributed by atoms with E-state index in [9.17, 15) is 4.79 Å². The summed E-state index contributed by atoms with van der Waals surface area (Å²) >= 11 is 1.68. The van der Waals surface area contributed by atoms with Crippen molar-refractivity contribution in [3.63, 3.8) is 0 Å². The first kappa shape index (κ1) is 12.7. The summed E-state index contributed by atoms with van der Waals surface area (Å²) in [7, 11) is 0. The maximum Gasteiger partial charge on any atom is 0.337 e. The third-order valence-electron chi connectivity index (χ3n) is 2.67. The normalized spacial score (nSPS) is 12.3. The molecule has 0 fully saturated rings. The number of nitrogens with zero attached hydrogens (tertiary/aromatic N) is 1. The molecule has 4 nitrogen and oxygen atoms in total. The van der Waals surface area contributed by atoms with Crippen molar-refractivity contribution >= 4 is 17.3 Å². The Labute approximate surface area is 109 Å². The van der Waals surface area contributed by atoms with E-state index in [1.165, 1.54) is 4.88 Å². The largest absolute Gasteiger partial charge is 0.478 e. The fourth-order valence-corrected chi connectivity index (χ4v) is 2.42. The molecule has 2 rings (SSSR count). The molecule has 0 spiro atoms. The quantitative estimate of drug-likeness (QED) is 0.869. The van der Waals surface area contributed by atoms with Crippen molar-refractivity contribution in [2.75, 3.05) is 0 Å². The maximum absolute atomic E-state index is 11.0. The average Bonchev–Trinajstić information content (AvgIpc) is 2.90. The Kier molecular flexibility index (Phi) is 4.07. The first-order chi connectivity index (χ1) is 8.68. The molecule has 2 aromatic rings. The van der Waals surface area contributed by atoms with Crippen molar-refractivity contribution in [2.24, 2.45) is 0 Å². The van der Waals surface area contributed by atoms with Crippen molar-refractivity contribution in [3.05, 3.63) is 52.0 Å². The minimum absolute atomic E-state index is 0.189. The van der Waals surface area contributed by atoms with Gasteiger partial charge < -0.3 is 10.4 Å². The molecule has 2 heterocycles. The van der Waals surface area contributed by atoms with Crippen molar-refractivity contribution in [2.45, 2.75) is 19.5 Å². The lowest BCUT2D eigenvalue weighted by molar-refractivity contribution is 0.0695. The number of rotatable bonds is 5. The second kappa shape index (κ2) is 5.75. The fraction of sp³-hybridized carbons (Fsp3) is 0.231. The topological polar surface area (TPSA) is 62.2 Å². The predicted molar refractivity (Wildman–Crippen MR) is 70.8 cm³/mol. The van der Waals surface area contributed by atoms with E-state index in [1.54, 1.807) is 29.7 Å². The fourth-order valence-electron chi connectivity index (χ4n) is 1.66. The molecule has 1 atom stereocenters. The first-order valence-electron chi connectivity index (χ1n) is 5.62. The standard InChI is InChI=1S/C13H14N2O2S/c1-9(12-5-3-7-18-12)15-8-11-10(13(16)17)4-2-6-14-11/h2-7,9,15H,8H2,1H3,(H,16,17)/t9-/m0/s1. The van der Waals surface area contributed by atoms with Crippen LogP contribution in [0.15, 0.2) is 35.8 Å². The van der Waals surface area contributed by atoms with Gasteiger partial charge in [-0.05, 0) is 30.5 Å². The zero-order valence-electron chi connectivity index (χ0n) is 9.96. The summed E-state index contributed by atoms with van der Waals surface area (Å²) in [6.45, 7) is 2.50. The smallest absolute Gasteiger partial charge is 0.337 e. The molecule has 0 saturated heterocycles. The molecule has 18 heavy (non-hydrogen) atoms. The molecule has 0 bridgehead atoms. The van der Waals surface area contributed by atoms with Crippen LogP contribution in [-0.2, 0) is 6.54 Å². The third-order valence-corrected chi connectivity index (χ3v) is 3.72. The van der Waals surface area contributed by atoms with E-state index in [4.69, 9.17) is 5.11 Å². The number of aromatic nitrogens is 1. The van der Waals surface area contributed by atoms with E-state index >= 15 is 0 Å². The molecule has 0 aliphatic carbocycles. The van der Waals surface area contributed by atoms with Gasteiger partial charge in [-0.25, -0.2) is 4.79 Å². The van der Waals surface area contributed by atoms with Gasteiger partial charge in [0, 0.05) is 23.7 Å². The Bertz CT molecular complexity index is 526. The van der Waals surface area contributed by atoms with Crippen LogP contribution in [0.2, 0.25) is 0 Å². The molecule has 5 heteroatoms. The average molecular weight is 262 g/mol. The van der Waals surface area contributed by atoms with E-state index in [-0.39, 0.29) is 11.6 Å². The van der Waals surface area contributed by atoms with Gasteiger partial charge in [0.15, 0.2) is 0 Å². The Balaban J connectivity index is 2.04. The molecule has 0 saturated carbocycles. The third kappa shape index (κ3) is 2.94. The van der Waals surface area contributed by atoms with E-state index in [1.807, 2.05) is 11.4 Å². The number of hydrogen-bond donors (Lipinski definition) is 2. The highest BCUT2D eigenvalue weighted by Crippen LogP contribution is 2.18. The van der Waals surface area contributed by atoms with Crippen LogP contribution in [0.25, 0.3) is 0 Å². The summed E-state index contributed by atoms with van der Waals surface area (Å²) in [6.07, 6.45) is 1.61. The van der Waals surface area contributed by atoms with Crippen LogP contribution in [0.3, 0.4) is 0 Å². The maximum atomic E-state index is 11.0. The lowest BCUT2D eigenvalue weighted by atomic mass is 10.2. The highest BCUT2D eigenvalue weighted by Gasteiger charge is 2.12. The van der Waals surface area contributed by atoms with Crippen LogP contribution < -0.4 is 5.32 Å². The molecule has 0 amide bonds. The van der Waals surface area contributed by atoms with E-state index < -0.39 is 5.97 Å². The van der Waals surface area contributed by atoms with Crippen LogP contribution in [-0.4, -0.2) is 16.1 Å². The van der Waals surface area contributed by atoms with Crippen LogP contribution in [0, 0.1) is 0 Å². The lowest BCUT2D eigenvalue weighted by Crippen LogP contribution is -2.20.